The first kappa shape index (κ1) is 10.6. The molecule has 0 aliphatic carbocycles. The molecule has 1 aliphatic heterocycles. The SMILES string of the molecule is C=CC(O)CN1C(=O)c2ccccc2C1=O. The van der Waals surface area contributed by atoms with Gasteiger partial charge in [-0.25, -0.2) is 0 Å². The second kappa shape index (κ2) is 3.90. The average molecular weight is 217 g/mol. The summed E-state index contributed by atoms with van der Waals surface area (Å²) in [5, 5.41) is 9.37. The van der Waals surface area contributed by atoms with Gasteiger partial charge in [-0.05, 0) is 12.1 Å². The maximum Gasteiger partial charge on any atom is 0.261 e. The lowest BCUT2D eigenvalue weighted by Crippen LogP contribution is -2.36. The number of carbonyl (C=O) groups is 2. The monoisotopic (exact) mass is 217 g/mol. The minimum Gasteiger partial charge on any atom is -0.387 e. The molecule has 1 N–H and O–H groups in total. The molecule has 0 spiro atoms. The van der Waals surface area contributed by atoms with Crippen molar-refractivity contribution < 1.29 is 14.7 Å². The minimum absolute atomic E-state index is 0.0458. The van der Waals surface area contributed by atoms with Crippen LogP contribution in [0.4, 0.5) is 0 Å². The number of hydrogen-bond donors (Lipinski definition) is 1. The molecule has 16 heavy (non-hydrogen) atoms. The molecule has 0 radical (unpaired) electrons. The zero-order valence-corrected chi connectivity index (χ0v) is 8.59. The van der Waals surface area contributed by atoms with Crippen LogP contribution >= 0.6 is 0 Å². The van der Waals surface area contributed by atoms with Crippen LogP contribution in [0.1, 0.15) is 20.7 Å². The van der Waals surface area contributed by atoms with Crippen molar-refractivity contribution in [2.75, 3.05) is 6.54 Å². The molecule has 1 aromatic carbocycles. The summed E-state index contributed by atoms with van der Waals surface area (Å²) in [6.45, 7) is 3.36. The fourth-order valence-corrected chi connectivity index (χ4v) is 1.67. The van der Waals surface area contributed by atoms with Gasteiger partial charge < -0.3 is 5.11 Å². The Morgan fingerprint density at radius 3 is 2.19 bits per heavy atom. The van der Waals surface area contributed by atoms with Crippen LogP contribution in [0.15, 0.2) is 36.9 Å². The molecule has 0 saturated heterocycles. The van der Waals surface area contributed by atoms with Crippen molar-refractivity contribution >= 4 is 11.8 Å². The number of imide groups is 1. The van der Waals surface area contributed by atoms with E-state index in [1.54, 1.807) is 24.3 Å². The Labute approximate surface area is 92.8 Å². The molecule has 0 aromatic heterocycles. The topological polar surface area (TPSA) is 57.6 Å². The van der Waals surface area contributed by atoms with Gasteiger partial charge in [0, 0.05) is 0 Å². The van der Waals surface area contributed by atoms with Crippen LogP contribution in [0.25, 0.3) is 0 Å². The number of carbonyl (C=O) groups excluding carboxylic acids is 2. The molecular weight excluding hydrogens is 206 g/mol. The number of rotatable bonds is 3. The number of aliphatic hydroxyl groups is 1. The molecule has 1 heterocycles. The van der Waals surface area contributed by atoms with E-state index in [4.69, 9.17) is 0 Å². The van der Waals surface area contributed by atoms with Crippen molar-refractivity contribution in [3.05, 3.63) is 48.0 Å². The molecule has 0 saturated carbocycles. The predicted molar refractivity (Wildman–Crippen MR) is 58.0 cm³/mol. The predicted octanol–water partition coefficient (Wildman–Crippen LogP) is 0.830. The Balaban J connectivity index is 2.31. The van der Waals surface area contributed by atoms with E-state index in [-0.39, 0.29) is 18.4 Å². The lowest BCUT2D eigenvalue weighted by Gasteiger charge is -2.15. The van der Waals surface area contributed by atoms with E-state index < -0.39 is 6.10 Å². The Kier molecular flexibility index (Phi) is 2.58. The fourth-order valence-electron chi connectivity index (χ4n) is 1.67. The molecular formula is C12H11NO3. The van der Waals surface area contributed by atoms with Gasteiger partial charge >= 0.3 is 0 Å². The molecule has 1 unspecified atom stereocenters. The smallest absolute Gasteiger partial charge is 0.261 e. The largest absolute Gasteiger partial charge is 0.387 e. The van der Waals surface area contributed by atoms with Crippen LogP contribution < -0.4 is 0 Å². The third-order valence-electron chi connectivity index (χ3n) is 2.52. The third-order valence-corrected chi connectivity index (χ3v) is 2.52. The Morgan fingerprint density at radius 1 is 1.25 bits per heavy atom. The highest BCUT2D eigenvalue weighted by Gasteiger charge is 2.35. The van der Waals surface area contributed by atoms with Crippen molar-refractivity contribution in [1.82, 2.24) is 4.90 Å². The molecule has 1 aromatic rings. The summed E-state index contributed by atoms with van der Waals surface area (Å²) in [5.41, 5.74) is 0.785. The molecule has 2 rings (SSSR count). The van der Waals surface area contributed by atoms with E-state index in [1.165, 1.54) is 6.08 Å². The summed E-state index contributed by atoms with van der Waals surface area (Å²) in [5.74, 6) is -0.719. The number of nitrogens with zero attached hydrogens (tertiary/aromatic N) is 1. The second-order valence-corrected chi connectivity index (χ2v) is 3.57. The summed E-state index contributed by atoms with van der Waals surface area (Å²) in [4.78, 5) is 24.7. The first-order valence-electron chi connectivity index (χ1n) is 4.91. The van der Waals surface area contributed by atoms with Crippen LogP contribution in [-0.4, -0.2) is 34.5 Å². The number of fused-ring (bicyclic) bond motifs is 1. The summed E-state index contributed by atoms with van der Waals surface area (Å²) < 4.78 is 0. The lowest BCUT2D eigenvalue weighted by molar-refractivity contribution is 0.0586. The van der Waals surface area contributed by atoms with Crippen molar-refractivity contribution in [3.63, 3.8) is 0 Å². The zero-order valence-electron chi connectivity index (χ0n) is 8.59. The van der Waals surface area contributed by atoms with Gasteiger partial charge in [0.1, 0.15) is 0 Å². The van der Waals surface area contributed by atoms with Gasteiger partial charge in [-0.1, -0.05) is 18.2 Å². The van der Waals surface area contributed by atoms with Crippen molar-refractivity contribution in [2.24, 2.45) is 0 Å². The summed E-state index contributed by atoms with van der Waals surface area (Å²) in [6.07, 6.45) is 0.408. The zero-order chi connectivity index (χ0) is 11.7. The molecule has 1 atom stereocenters. The van der Waals surface area contributed by atoms with Crippen LogP contribution in [0, 0.1) is 0 Å². The Morgan fingerprint density at radius 2 is 1.75 bits per heavy atom. The number of amides is 2. The van der Waals surface area contributed by atoms with Crippen molar-refractivity contribution in [3.8, 4) is 0 Å². The van der Waals surface area contributed by atoms with E-state index in [2.05, 4.69) is 6.58 Å². The second-order valence-electron chi connectivity index (χ2n) is 3.57. The number of benzene rings is 1. The van der Waals surface area contributed by atoms with E-state index in [0.717, 1.165) is 4.90 Å². The molecule has 4 heteroatoms. The quantitative estimate of drug-likeness (QED) is 0.602. The molecule has 4 nitrogen and oxygen atoms in total. The Bertz CT molecular complexity index is 432. The van der Waals surface area contributed by atoms with Gasteiger partial charge in [0.2, 0.25) is 0 Å². The number of β-amino-alcohol motifs (C(OH)–C–C–N with tert-alkyl or cyclic N) is 1. The van der Waals surface area contributed by atoms with E-state index in [0.29, 0.717) is 11.1 Å². The van der Waals surface area contributed by atoms with E-state index >= 15 is 0 Å². The normalized spacial score (nSPS) is 16.2. The Hall–Kier alpha value is -1.94. The van der Waals surface area contributed by atoms with Crippen LogP contribution in [0.5, 0.6) is 0 Å². The maximum atomic E-state index is 11.8. The van der Waals surface area contributed by atoms with E-state index in [9.17, 15) is 14.7 Å². The number of aliphatic hydroxyl groups excluding tert-OH is 1. The highest BCUT2D eigenvalue weighted by molar-refractivity contribution is 6.21. The van der Waals surface area contributed by atoms with E-state index in [1.807, 2.05) is 0 Å². The highest BCUT2D eigenvalue weighted by Crippen LogP contribution is 2.22. The summed E-state index contributed by atoms with van der Waals surface area (Å²) in [6, 6.07) is 6.63. The molecule has 0 fully saturated rings. The minimum atomic E-state index is -0.887. The lowest BCUT2D eigenvalue weighted by atomic mass is 10.1. The van der Waals surface area contributed by atoms with Gasteiger partial charge in [-0.15, -0.1) is 6.58 Å². The van der Waals surface area contributed by atoms with Gasteiger partial charge in [-0.2, -0.15) is 0 Å². The van der Waals surface area contributed by atoms with Gasteiger partial charge in [0.15, 0.2) is 0 Å². The van der Waals surface area contributed by atoms with Crippen molar-refractivity contribution in [2.45, 2.75) is 6.10 Å². The van der Waals surface area contributed by atoms with Gasteiger partial charge in [0.25, 0.3) is 11.8 Å². The summed E-state index contributed by atoms with van der Waals surface area (Å²) in [7, 11) is 0. The first-order chi connectivity index (χ1) is 7.65. The van der Waals surface area contributed by atoms with Gasteiger partial charge in [-0.3, -0.25) is 14.5 Å². The third kappa shape index (κ3) is 1.53. The fraction of sp³-hybridized carbons (Fsp3) is 0.167. The standard InChI is InChI=1S/C12H11NO3/c1-2-8(14)7-13-11(15)9-5-3-4-6-10(9)12(13)16/h2-6,8,14H,1,7H2. The molecule has 2 amide bonds. The molecule has 82 valence electrons. The highest BCUT2D eigenvalue weighted by atomic mass is 16.3. The van der Waals surface area contributed by atoms with Crippen molar-refractivity contribution in [1.29, 1.82) is 0 Å². The first-order valence-corrected chi connectivity index (χ1v) is 4.91. The summed E-state index contributed by atoms with van der Waals surface area (Å²) >= 11 is 0. The maximum absolute atomic E-state index is 11.8. The molecule has 0 bridgehead atoms. The number of hydrogen-bond acceptors (Lipinski definition) is 3. The molecule has 1 aliphatic rings. The van der Waals surface area contributed by atoms with Crippen LogP contribution in [-0.2, 0) is 0 Å². The van der Waals surface area contributed by atoms with Crippen LogP contribution in [0.2, 0.25) is 0 Å². The van der Waals surface area contributed by atoms with Crippen LogP contribution in [0.3, 0.4) is 0 Å². The van der Waals surface area contributed by atoms with Gasteiger partial charge in [0.05, 0.1) is 23.8 Å². The average Bonchev–Trinajstić information content (AvgIpc) is 2.55.